The van der Waals surface area contributed by atoms with Crippen LogP contribution in [0.2, 0.25) is 0 Å². The maximum atomic E-state index is 4.47. The lowest BCUT2D eigenvalue weighted by atomic mass is 9.99. The molecule has 0 saturated heterocycles. The number of fused-ring (bicyclic) bond motifs is 1. The number of hydrogen-bond acceptors (Lipinski definition) is 3. The second kappa shape index (κ2) is 4.16. The fourth-order valence-corrected chi connectivity index (χ4v) is 1.93. The van der Waals surface area contributed by atoms with E-state index in [9.17, 15) is 0 Å². The summed E-state index contributed by atoms with van der Waals surface area (Å²) in [5.74, 6) is 0.791. The topological polar surface area (TPSA) is 38.7 Å². The van der Waals surface area contributed by atoms with Crippen LogP contribution in [-0.2, 0) is 0 Å². The lowest BCUT2D eigenvalue weighted by Crippen LogP contribution is -2.02. The Morgan fingerprint density at radius 2 is 1.50 bits per heavy atom. The van der Waals surface area contributed by atoms with E-state index in [1.54, 1.807) is 6.33 Å². The van der Waals surface area contributed by atoms with Crippen LogP contribution >= 0.6 is 0 Å². The maximum Gasteiger partial charge on any atom is 0.116 e. The van der Waals surface area contributed by atoms with Gasteiger partial charge in [0, 0.05) is 11.6 Å². The summed E-state index contributed by atoms with van der Waals surface area (Å²) in [5.41, 5.74) is 3.20. The Morgan fingerprint density at radius 1 is 0.875 bits per heavy atom. The fourth-order valence-electron chi connectivity index (χ4n) is 1.93. The van der Waals surface area contributed by atoms with Gasteiger partial charge in [-0.3, -0.25) is 4.98 Å². The molecule has 0 saturated carbocycles. The highest BCUT2D eigenvalue weighted by Gasteiger charge is 2.14. The smallest absolute Gasteiger partial charge is 0.116 e. The molecule has 0 unspecified atom stereocenters. The second-order valence-corrected chi connectivity index (χ2v) is 4.66. The van der Waals surface area contributed by atoms with Crippen molar-refractivity contribution >= 4 is 10.9 Å². The zero-order valence-corrected chi connectivity index (χ0v) is 10.2. The molecular formula is C13H17N3. The van der Waals surface area contributed by atoms with Crippen molar-refractivity contribution in [3.63, 3.8) is 0 Å². The lowest BCUT2D eigenvalue weighted by molar-refractivity contribution is 0.802. The van der Waals surface area contributed by atoms with Crippen molar-refractivity contribution in [2.45, 2.75) is 39.5 Å². The molecule has 0 aromatic carbocycles. The first-order valence-corrected chi connectivity index (χ1v) is 5.70. The van der Waals surface area contributed by atoms with Gasteiger partial charge in [-0.05, 0) is 17.9 Å². The molecule has 0 atom stereocenters. The number of aromatic nitrogens is 3. The van der Waals surface area contributed by atoms with Gasteiger partial charge in [0.15, 0.2) is 0 Å². The zero-order valence-electron chi connectivity index (χ0n) is 10.2. The predicted molar refractivity (Wildman–Crippen MR) is 65.5 cm³/mol. The summed E-state index contributed by atoms with van der Waals surface area (Å²) in [6, 6.07) is 1.95. The van der Waals surface area contributed by atoms with Gasteiger partial charge < -0.3 is 0 Å². The van der Waals surface area contributed by atoms with Gasteiger partial charge in [0.05, 0.1) is 16.9 Å². The minimum absolute atomic E-state index is 0.396. The molecule has 2 aromatic rings. The quantitative estimate of drug-likeness (QED) is 0.771. The van der Waals surface area contributed by atoms with Gasteiger partial charge in [0.2, 0.25) is 0 Å². The first-order chi connectivity index (χ1) is 7.61. The molecule has 3 nitrogen and oxygen atoms in total. The third-order valence-electron chi connectivity index (χ3n) is 2.70. The van der Waals surface area contributed by atoms with Crippen LogP contribution < -0.4 is 0 Å². The summed E-state index contributed by atoms with van der Waals surface area (Å²) >= 11 is 0. The number of nitrogens with zero attached hydrogens (tertiary/aromatic N) is 3. The van der Waals surface area contributed by atoms with Crippen LogP contribution in [0.5, 0.6) is 0 Å². The summed E-state index contributed by atoms with van der Waals surface area (Å²) in [4.78, 5) is 13.2. The van der Waals surface area contributed by atoms with E-state index < -0.39 is 0 Å². The Morgan fingerprint density at radius 3 is 2.12 bits per heavy atom. The molecule has 0 aliphatic heterocycles. The van der Waals surface area contributed by atoms with Crippen LogP contribution in [0, 0.1) is 0 Å². The van der Waals surface area contributed by atoms with Gasteiger partial charge in [-0.1, -0.05) is 27.7 Å². The van der Waals surface area contributed by atoms with E-state index >= 15 is 0 Å². The normalized spacial score (nSPS) is 11.6. The van der Waals surface area contributed by atoms with Gasteiger partial charge in [-0.2, -0.15) is 0 Å². The third kappa shape index (κ3) is 1.77. The van der Waals surface area contributed by atoms with Crippen LogP contribution in [0.25, 0.3) is 10.9 Å². The number of rotatable bonds is 2. The molecule has 0 spiro atoms. The second-order valence-electron chi connectivity index (χ2n) is 4.66. The lowest BCUT2D eigenvalue weighted by Gasteiger charge is -2.13. The molecule has 0 aliphatic rings. The van der Waals surface area contributed by atoms with Crippen molar-refractivity contribution in [2.24, 2.45) is 0 Å². The minimum atomic E-state index is 0.396. The van der Waals surface area contributed by atoms with Gasteiger partial charge in [-0.25, -0.2) is 9.97 Å². The van der Waals surface area contributed by atoms with Gasteiger partial charge >= 0.3 is 0 Å². The van der Waals surface area contributed by atoms with E-state index in [2.05, 4.69) is 42.6 Å². The first kappa shape index (κ1) is 11.0. The molecule has 0 amide bonds. The Balaban J connectivity index is 2.82. The van der Waals surface area contributed by atoms with Crippen LogP contribution in [0.3, 0.4) is 0 Å². The minimum Gasteiger partial charge on any atom is -0.260 e. The predicted octanol–water partition coefficient (Wildman–Crippen LogP) is 3.27. The van der Waals surface area contributed by atoms with Crippen LogP contribution in [0.1, 0.15) is 50.9 Å². The van der Waals surface area contributed by atoms with E-state index in [4.69, 9.17) is 0 Å². The Kier molecular flexibility index (Phi) is 2.86. The van der Waals surface area contributed by atoms with Crippen LogP contribution in [-0.4, -0.2) is 15.0 Å². The van der Waals surface area contributed by atoms with Crippen molar-refractivity contribution in [1.29, 1.82) is 0 Å². The number of pyridine rings is 1. The van der Waals surface area contributed by atoms with E-state index in [1.807, 2.05) is 12.3 Å². The molecule has 84 valence electrons. The van der Waals surface area contributed by atoms with Crippen molar-refractivity contribution in [3.8, 4) is 0 Å². The third-order valence-corrected chi connectivity index (χ3v) is 2.70. The molecule has 0 radical (unpaired) electrons. The Hall–Kier alpha value is -1.51. The molecule has 3 heteroatoms. The summed E-state index contributed by atoms with van der Waals surface area (Å²) < 4.78 is 0. The average Bonchev–Trinajstić information content (AvgIpc) is 2.27. The summed E-state index contributed by atoms with van der Waals surface area (Å²) in [6.07, 6.45) is 3.47. The highest BCUT2D eigenvalue weighted by molar-refractivity contribution is 5.83. The van der Waals surface area contributed by atoms with Gasteiger partial charge in [-0.15, -0.1) is 0 Å². The van der Waals surface area contributed by atoms with E-state index in [1.165, 1.54) is 0 Å². The Labute approximate surface area is 96.0 Å². The zero-order chi connectivity index (χ0) is 11.7. The molecule has 0 aliphatic carbocycles. The molecule has 2 heterocycles. The standard InChI is InChI=1S/C13H17N3/c1-8(2)12-11-10(5-6-14-12)15-7-16-13(11)9(3)4/h5-9H,1-4H3. The van der Waals surface area contributed by atoms with Gasteiger partial charge in [0.25, 0.3) is 0 Å². The van der Waals surface area contributed by atoms with Crippen LogP contribution in [0.15, 0.2) is 18.6 Å². The van der Waals surface area contributed by atoms with Crippen molar-refractivity contribution in [1.82, 2.24) is 15.0 Å². The van der Waals surface area contributed by atoms with E-state index in [-0.39, 0.29) is 0 Å². The maximum absolute atomic E-state index is 4.47. The highest BCUT2D eigenvalue weighted by Crippen LogP contribution is 2.27. The number of hydrogen-bond donors (Lipinski definition) is 0. The monoisotopic (exact) mass is 215 g/mol. The first-order valence-electron chi connectivity index (χ1n) is 5.70. The molecular weight excluding hydrogens is 198 g/mol. The summed E-state index contributed by atoms with van der Waals surface area (Å²) in [7, 11) is 0. The summed E-state index contributed by atoms with van der Waals surface area (Å²) in [5, 5.41) is 1.13. The molecule has 0 fully saturated rings. The largest absolute Gasteiger partial charge is 0.260 e. The fraction of sp³-hybridized carbons (Fsp3) is 0.462. The summed E-state index contributed by atoms with van der Waals surface area (Å²) in [6.45, 7) is 8.61. The van der Waals surface area contributed by atoms with Crippen molar-refractivity contribution < 1.29 is 0 Å². The van der Waals surface area contributed by atoms with E-state index in [0.717, 1.165) is 22.3 Å². The van der Waals surface area contributed by atoms with Crippen LogP contribution in [0.4, 0.5) is 0 Å². The molecule has 0 N–H and O–H groups in total. The highest BCUT2D eigenvalue weighted by atomic mass is 14.9. The average molecular weight is 215 g/mol. The molecule has 2 rings (SSSR count). The molecule has 2 aromatic heterocycles. The Bertz CT molecular complexity index is 461. The van der Waals surface area contributed by atoms with Crippen molar-refractivity contribution in [2.75, 3.05) is 0 Å². The SMILES string of the molecule is CC(C)c1nccc2ncnc(C(C)C)c12. The van der Waals surface area contributed by atoms with E-state index in [0.29, 0.717) is 11.8 Å². The van der Waals surface area contributed by atoms with Gasteiger partial charge in [0.1, 0.15) is 6.33 Å². The van der Waals surface area contributed by atoms with Crippen molar-refractivity contribution in [3.05, 3.63) is 30.0 Å². The molecule has 16 heavy (non-hydrogen) atoms. The molecule has 0 bridgehead atoms.